The Kier molecular flexibility index (Phi) is 5.45. The molecular weight excluding hydrogens is 230 g/mol. The fourth-order valence-electron chi connectivity index (χ4n) is 3.12. The van der Waals surface area contributed by atoms with E-state index in [9.17, 15) is 4.79 Å². The Bertz CT molecular complexity index is 264. The zero-order valence-electron chi connectivity index (χ0n) is 11.1. The van der Waals surface area contributed by atoms with E-state index in [1.54, 1.807) is 0 Å². The summed E-state index contributed by atoms with van der Waals surface area (Å²) in [6.45, 7) is 4.18. The van der Waals surface area contributed by atoms with Gasteiger partial charge in [0.05, 0.1) is 6.10 Å². The van der Waals surface area contributed by atoms with E-state index < -0.39 is 5.97 Å². The number of piperidine rings is 1. The van der Waals surface area contributed by atoms with Crippen LogP contribution in [0.1, 0.15) is 44.9 Å². The Morgan fingerprint density at radius 1 is 1.28 bits per heavy atom. The minimum Gasteiger partial charge on any atom is -0.481 e. The van der Waals surface area contributed by atoms with Gasteiger partial charge >= 0.3 is 5.97 Å². The lowest BCUT2D eigenvalue weighted by Gasteiger charge is -2.35. The second kappa shape index (κ2) is 7.10. The first-order valence-electron chi connectivity index (χ1n) is 7.30. The Labute approximate surface area is 109 Å². The van der Waals surface area contributed by atoms with Gasteiger partial charge in [0, 0.05) is 26.1 Å². The molecule has 2 rings (SSSR count). The standard InChI is InChI=1S/C14H25NO3/c16-14(17)7-6-12-4-3-8-15(10-12)11-13-5-1-2-9-18-13/h12-13H,1-11H2,(H,16,17). The predicted molar refractivity (Wildman–Crippen MR) is 69.6 cm³/mol. The second-order valence-electron chi connectivity index (χ2n) is 5.69. The summed E-state index contributed by atoms with van der Waals surface area (Å²) in [6, 6.07) is 0. The van der Waals surface area contributed by atoms with Crippen molar-refractivity contribution in [2.45, 2.75) is 51.0 Å². The first-order chi connectivity index (χ1) is 8.74. The molecule has 0 saturated carbocycles. The van der Waals surface area contributed by atoms with E-state index >= 15 is 0 Å². The summed E-state index contributed by atoms with van der Waals surface area (Å²) >= 11 is 0. The summed E-state index contributed by atoms with van der Waals surface area (Å²) in [5.41, 5.74) is 0. The van der Waals surface area contributed by atoms with Crippen LogP contribution in [0.25, 0.3) is 0 Å². The van der Waals surface area contributed by atoms with E-state index in [1.165, 1.54) is 32.1 Å². The fraction of sp³-hybridized carbons (Fsp3) is 0.929. The van der Waals surface area contributed by atoms with E-state index in [4.69, 9.17) is 9.84 Å². The van der Waals surface area contributed by atoms with E-state index in [1.807, 2.05) is 0 Å². The van der Waals surface area contributed by atoms with Gasteiger partial charge in [-0.05, 0) is 51.0 Å². The van der Waals surface area contributed by atoms with Crippen LogP contribution in [0.5, 0.6) is 0 Å². The highest BCUT2D eigenvalue weighted by molar-refractivity contribution is 5.66. The number of carboxylic acids is 1. The molecule has 2 fully saturated rings. The first-order valence-corrected chi connectivity index (χ1v) is 7.30. The highest BCUT2D eigenvalue weighted by Crippen LogP contribution is 2.22. The number of hydrogen-bond acceptors (Lipinski definition) is 3. The number of hydrogen-bond donors (Lipinski definition) is 1. The van der Waals surface area contributed by atoms with Gasteiger partial charge < -0.3 is 14.7 Å². The van der Waals surface area contributed by atoms with Crippen molar-refractivity contribution in [1.29, 1.82) is 0 Å². The molecule has 2 aliphatic heterocycles. The fourth-order valence-corrected chi connectivity index (χ4v) is 3.12. The molecule has 0 aliphatic carbocycles. The molecule has 0 aromatic rings. The predicted octanol–water partition coefficient (Wildman–Crippen LogP) is 2.13. The van der Waals surface area contributed by atoms with Crippen molar-refractivity contribution in [3.05, 3.63) is 0 Å². The third-order valence-corrected chi connectivity index (χ3v) is 4.11. The quantitative estimate of drug-likeness (QED) is 0.817. The van der Waals surface area contributed by atoms with Gasteiger partial charge in [-0.2, -0.15) is 0 Å². The minimum atomic E-state index is -0.664. The average Bonchev–Trinajstić information content (AvgIpc) is 2.38. The maximum atomic E-state index is 10.6. The monoisotopic (exact) mass is 255 g/mol. The molecule has 0 spiro atoms. The third-order valence-electron chi connectivity index (χ3n) is 4.11. The van der Waals surface area contributed by atoms with Crippen LogP contribution in [0.2, 0.25) is 0 Å². The van der Waals surface area contributed by atoms with Crippen LogP contribution >= 0.6 is 0 Å². The van der Waals surface area contributed by atoms with Crippen molar-refractivity contribution in [2.75, 3.05) is 26.2 Å². The third kappa shape index (κ3) is 4.58. The molecule has 104 valence electrons. The van der Waals surface area contributed by atoms with Crippen LogP contribution in [0.3, 0.4) is 0 Å². The van der Waals surface area contributed by atoms with Gasteiger partial charge in [-0.1, -0.05) is 0 Å². The van der Waals surface area contributed by atoms with Crippen molar-refractivity contribution in [2.24, 2.45) is 5.92 Å². The first kappa shape index (κ1) is 13.8. The zero-order chi connectivity index (χ0) is 12.8. The Balaban J connectivity index is 1.70. The van der Waals surface area contributed by atoms with Crippen LogP contribution in [0.15, 0.2) is 0 Å². The van der Waals surface area contributed by atoms with Gasteiger partial charge in [-0.3, -0.25) is 4.79 Å². The van der Waals surface area contributed by atoms with Crippen LogP contribution in [-0.2, 0) is 9.53 Å². The largest absolute Gasteiger partial charge is 0.481 e. The number of likely N-dealkylation sites (tertiary alicyclic amines) is 1. The highest BCUT2D eigenvalue weighted by atomic mass is 16.5. The number of rotatable bonds is 5. The number of nitrogens with zero attached hydrogens (tertiary/aromatic N) is 1. The maximum Gasteiger partial charge on any atom is 0.303 e. The van der Waals surface area contributed by atoms with Crippen molar-refractivity contribution < 1.29 is 14.6 Å². The maximum absolute atomic E-state index is 10.6. The molecule has 2 unspecified atom stereocenters. The van der Waals surface area contributed by atoms with Gasteiger partial charge in [0.15, 0.2) is 0 Å². The normalized spacial score (nSPS) is 30.2. The molecule has 0 aromatic heterocycles. The molecule has 18 heavy (non-hydrogen) atoms. The number of ether oxygens (including phenoxy) is 1. The summed E-state index contributed by atoms with van der Waals surface area (Å²) in [4.78, 5) is 13.1. The zero-order valence-corrected chi connectivity index (χ0v) is 11.1. The molecule has 1 N–H and O–H groups in total. The van der Waals surface area contributed by atoms with Crippen molar-refractivity contribution >= 4 is 5.97 Å². The van der Waals surface area contributed by atoms with Crippen LogP contribution in [-0.4, -0.2) is 48.3 Å². The molecule has 0 amide bonds. The van der Waals surface area contributed by atoms with E-state index in [0.29, 0.717) is 18.4 Å². The molecule has 2 heterocycles. The lowest BCUT2D eigenvalue weighted by Crippen LogP contribution is -2.41. The SMILES string of the molecule is O=C(O)CCC1CCCN(CC2CCCCO2)C1. The topological polar surface area (TPSA) is 49.8 Å². The van der Waals surface area contributed by atoms with Crippen LogP contribution in [0, 0.1) is 5.92 Å². The van der Waals surface area contributed by atoms with Crippen LogP contribution < -0.4 is 0 Å². The molecule has 0 bridgehead atoms. The summed E-state index contributed by atoms with van der Waals surface area (Å²) in [5, 5.41) is 8.74. The molecule has 0 radical (unpaired) electrons. The molecule has 2 aliphatic rings. The molecule has 4 heteroatoms. The Hall–Kier alpha value is -0.610. The van der Waals surface area contributed by atoms with E-state index in [-0.39, 0.29) is 0 Å². The summed E-state index contributed by atoms with van der Waals surface area (Å²) < 4.78 is 5.78. The molecule has 2 atom stereocenters. The van der Waals surface area contributed by atoms with Gasteiger partial charge in [0.2, 0.25) is 0 Å². The van der Waals surface area contributed by atoms with Crippen LogP contribution in [0.4, 0.5) is 0 Å². The molecular formula is C14H25NO3. The second-order valence-corrected chi connectivity index (χ2v) is 5.69. The molecule has 2 saturated heterocycles. The number of carboxylic acid groups (broad SMARTS) is 1. The Morgan fingerprint density at radius 3 is 2.89 bits per heavy atom. The average molecular weight is 255 g/mol. The van der Waals surface area contributed by atoms with Gasteiger partial charge in [0.25, 0.3) is 0 Å². The lowest BCUT2D eigenvalue weighted by atomic mass is 9.93. The van der Waals surface area contributed by atoms with Gasteiger partial charge in [-0.15, -0.1) is 0 Å². The number of aliphatic carboxylic acids is 1. The van der Waals surface area contributed by atoms with Gasteiger partial charge in [-0.25, -0.2) is 0 Å². The minimum absolute atomic E-state index is 0.318. The molecule has 4 nitrogen and oxygen atoms in total. The van der Waals surface area contributed by atoms with Crippen molar-refractivity contribution in [1.82, 2.24) is 4.90 Å². The van der Waals surface area contributed by atoms with Crippen molar-refractivity contribution in [3.63, 3.8) is 0 Å². The Morgan fingerprint density at radius 2 is 2.17 bits per heavy atom. The lowest BCUT2D eigenvalue weighted by molar-refractivity contribution is -0.137. The van der Waals surface area contributed by atoms with Crippen molar-refractivity contribution in [3.8, 4) is 0 Å². The summed E-state index contributed by atoms with van der Waals surface area (Å²) in [5.74, 6) is -0.0961. The molecule has 0 aromatic carbocycles. The summed E-state index contributed by atoms with van der Waals surface area (Å²) in [6.07, 6.45) is 7.65. The summed E-state index contributed by atoms with van der Waals surface area (Å²) in [7, 11) is 0. The highest BCUT2D eigenvalue weighted by Gasteiger charge is 2.24. The number of carbonyl (C=O) groups is 1. The van der Waals surface area contributed by atoms with Gasteiger partial charge in [0.1, 0.15) is 0 Å². The van der Waals surface area contributed by atoms with E-state index in [0.717, 1.165) is 32.7 Å². The van der Waals surface area contributed by atoms with E-state index in [2.05, 4.69) is 4.90 Å². The smallest absolute Gasteiger partial charge is 0.303 e.